The summed E-state index contributed by atoms with van der Waals surface area (Å²) >= 11 is 0. The Morgan fingerprint density at radius 1 is 1.33 bits per heavy atom. The zero-order chi connectivity index (χ0) is 15.2. The molecule has 1 aromatic rings. The van der Waals surface area contributed by atoms with Crippen molar-refractivity contribution < 1.29 is 14.5 Å². The second-order valence-corrected chi connectivity index (χ2v) is 5.86. The molecule has 1 unspecified atom stereocenters. The van der Waals surface area contributed by atoms with Crippen molar-refractivity contribution in [3.63, 3.8) is 0 Å². The van der Waals surface area contributed by atoms with E-state index in [2.05, 4.69) is 0 Å². The Bertz CT molecular complexity index is 490. The minimum atomic E-state index is -0.239. The van der Waals surface area contributed by atoms with Gasteiger partial charge in [-0.2, -0.15) is 0 Å². The molecular weight excluding hydrogens is 266 g/mol. The van der Waals surface area contributed by atoms with Crippen LogP contribution in [0.4, 0.5) is 0 Å². The predicted molar refractivity (Wildman–Crippen MR) is 80.4 cm³/mol. The Labute approximate surface area is 125 Å². The Kier molecular flexibility index (Phi) is 5.33. The van der Waals surface area contributed by atoms with Crippen molar-refractivity contribution in [2.75, 3.05) is 26.7 Å². The molecule has 114 valence electrons. The number of nitrogens with two attached hydrogens (primary N) is 1. The normalized spacial score (nSPS) is 21.8. The fourth-order valence-electron chi connectivity index (χ4n) is 2.85. The smallest absolute Gasteiger partial charge is 0.277 e. The average molecular weight is 290 g/mol. The lowest BCUT2D eigenvalue weighted by atomic mass is 9.97. The maximum atomic E-state index is 12.3. The molecule has 5 heteroatoms. The van der Waals surface area contributed by atoms with Crippen molar-refractivity contribution in [2.45, 2.75) is 19.4 Å². The number of primary amides is 1. The van der Waals surface area contributed by atoms with Crippen molar-refractivity contribution >= 4 is 11.8 Å². The van der Waals surface area contributed by atoms with Gasteiger partial charge in [0.1, 0.15) is 0 Å². The van der Waals surface area contributed by atoms with Crippen LogP contribution in [0.3, 0.4) is 0 Å². The molecule has 3 N–H and O–H groups in total. The Hall–Kier alpha value is -1.88. The molecule has 1 saturated heterocycles. The van der Waals surface area contributed by atoms with E-state index in [1.165, 1.54) is 0 Å². The SMILES string of the molecule is CN(Cc1ccccc1)C(=O)C[NH+]1CCC[C@H](C(N)=O)C1. The van der Waals surface area contributed by atoms with Gasteiger partial charge in [-0.15, -0.1) is 0 Å². The van der Waals surface area contributed by atoms with Crippen molar-refractivity contribution in [1.82, 2.24) is 4.90 Å². The number of hydrogen-bond donors (Lipinski definition) is 2. The Morgan fingerprint density at radius 3 is 2.71 bits per heavy atom. The van der Waals surface area contributed by atoms with Crippen LogP contribution in [0.2, 0.25) is 0 Å². The zero-order valence-corrected chi connectivity index (χ0v) is 12.5. The quantitative estimate of drug-likeness (QED) is 0.762. The number of nitrogens with one attached hydrogen (secondary N) is 1. The minimum absolute atomic E-state index is 0.0824. The van der Waals surface area contributed by atoms with Gasteiger partial charge in [0, 0.05) is 13.6 Å². The molecular formula is C16H24N3O2+. The number of likely N-dealkylation sites (N-methyl/N-ethyl adjacent to an activating group) is 1. The maximum Gasteiger partial charge on any atom is 0.277 e. The summed E-state index contributed by atoms with van der Waals surface area (Å²) in [5.74, 6) is -0.211. The second kappa shape index (κ2) is 7.22. The van der Waals surface area contributed by atoms with Gasteiger partial charge in [-0.25, -0.2) is 0 Å². The summed E-state index contributed by atoms with van der Waals surface area (Å²) in [6.45, 7) is 2.67. The van der Waals surface area contributed by atoms with Gasteiger partial charge in [0.15, 0.2) is 6.54 Å². The highest BCUT2D eigenvalue weighted by molar-refractivity contribution is 5.77. The molecule has 0 aromatic heterocycles. The van der Waals surface area contributed by atoms with Gasteiger partial charge in [0.2, 0.25) is 5.91 Å². The third-order valence-electron chi connectivity index (χ3n) is 4.11. The molecule has 1 aliphatic heterocycles. The molecule has 21 heavy (non-hydrogen) atoms. The molecule has 0 aliphatic carbocycles. The first-order valence-corrected chi connectivity index (χ1v) is 7.47. The first-order valence-electron chi connectivity index (χ1n) is 7.47. The minimum Gasteiger partial charge on any atom is -0.369 e. The van der Waals surface area contributed by atoms with Crippen LogP contribution in [0.1, 0.15) is 18.4 Å². The highest BCUT2D eigenvalue weighted by Crippen LogP contribution is 2.06. The molecule has 0 spiro atoms. The van der Waals surface area contributed by atoms with Crippen LogP contribution >= 0.6 is 0 Å². The van der Waals surface area contributed by atoms with Crippen LogP contribution in [-0.2, 0) is 16.1 Å². The third-order valence-corrected chi connectivity index (χ3v) is 4.11. The summed E-state index contributed by atoms with van der Waals surface area (Å²) in [5, 5.41) is 0. The Morgan fingerprint density at radius 2 is 2.05 bits per heavy atom. The lowest BCUT2D eigenvalue weighted by Gasteiger charge is -2.29. The molecule has 1 heterocycles. The molecule has 2 atom stereocenters. The van der Waals surface area contributed by atoms with Gasteiger partial charge in [-0.1, -0.05) is 30.3 Å². The fraction of sp³-hybridized carbons (Fsp3) is 0.500. The highest BCUT2D eigenvalue weighted by Gasteiger charge is 2.28. The summed E-state index contributed by atoms with van der Waals surface area (Å²) < 4.78 is 0. The topological polar surface area (TPSA) is 67.8 Å². The van der Waals surface area contributed by atoms with Crippen molar-refractivity contribution in [3.05, 3.63) is 35.9 Å². The van der Waals surface area contributed by atoms with E-state index in [9.17, 15) is 9.59 Å². The van der Waals surface area contributed by atoms with Crippen LogP contribution in [0.25, 0.3) is 0 Å². The van der Waals surface area contributed by atoms with Crippen LogP contribution in [0.15, 0.2) is 30.3 Å². The van der Waals surface area contributed by atoms with Crippen molar-refractivity contribution in [1.29, 1.82) is 0 Å². The van der Waals surface area contributed by atoms with E-state index in [1.807, 2.05) is 37.4 Å². The van der Waals surface area contributed by atoms with E-state index in [-0.39, 0.29) is 17.7 Å². The lowest BCUT2D eigenvalue weighted by molar-refractivity contribution is -0.899. The molecule has 2 rings (SSSR count). The average Bonchev–Trinajstić information content (AvgIpc) is 2.48. The van der Waals surface area contributed by atoms with Crippen molar-refractivity contribution in [3.8, 4) is 0 Å². The first-order chi connectivity index (χ1) is 10.1. The van der Waals surface area contributed by atoms with E-state index in [4.69, 9.17) is 5.73 Å². The molecule has 1 aromatic carbocycles. The predicted octanol–water partition coefficient (Wildman–Crippen LogP) is -0.575. The number of rotatable bonds is 5. The third kappa shape index (κ3) is 4.56. The van der Waals surface area contributed by atoms with Crippen LogP contribution < -0.4 is 10.6 Å². The largest absolute Gasteiger partial charge is 0.369 e. The maximum absolute atomic E-state index is 12.3. The van der Waals surface area contributed by atoms with Gasteiger partial charge < -0.3 is 15.5 Å². The number of benzene rings is 1. The van der Waals surface area contributed by atoms with E-state index < -0.39 is 0 Å². The molecule has 2 amide bonds. The van der Waals surface area contributed by atoms with Crippen molar-refractivity contribution in [2.24, 2.45) is 11.7 Å². The molecule has 0 saturated carbocycles. The number of carbonyl (C=O) groups excluding carboxylic acids is 2. The monoisotopic (exact) mass is 290 g/mol. The first kappa shape index (κ1) is 15.5. The standard InChI is InChI=1S/C16H23N3O2/c1-18(10-13-6-3-2-4-7-13)15(20)12-19-9-5-8-14(11-19)16(17)21/h2-4,6-7,14H,5,8-12H2,1H3,(H2,17,21)/p+1/t14-/m0/s1. The molecule has 1 aliphatic rings. The van der Waals surface area contributed by atoms with Gasteiger partial charge in [-0.05, 0) is 18.4 Å². The van der Waals surface area contributed by atoms with Gasteiger partial charge in [0.05, 0.1) is 19.0 Å². The summed E-state index contributed by atoms with van der Waals surface area (Å²) in [6.07, 6.45) is 1.81. The summed E-state index contributed by atoms with van der Waals surface area (Å²) in [5.41, 5.74) is 6.50. The number of hydrogen-bond acceptors (Lipinski definition) is 2. The number of carbonyl (C=O) groups is 2. The summed E-state index contributed by atoms with van der Waals surface area (Å²) in [6, 6.07) is 9.94. The van der Waals surface area contributed by atoms with E-state index in [0.717, 1.165) is 29.8 Å². The number of nitrogens with zero attached hydrogens (tertiary/aromatic N) is 1. The van der Waals surface area contributed by atoms with Crippen LogP contribution in [0, 0.1) is 5.92 Å². The van der Waals surface area contributed by atoms with Crippen LogP contribution in [-0.4, -0.2) is 43.4 Å². The van der Waals surface area contributed by atoms with E-state index >= 15 is 0 Å². The summed E-state index contributed by atoms with van der Waals surface area (Å²) in [4.78, 5) is 26.5. The number of amides is 2. The number of piperidine rings is 1. The van der Waals surface area contributed by atoms with E-state index in [0.29, 0.717) is 19.6 Å². The zero-order valence-electron chi connectivity index (χ0n) is 12.5. The van der Waals surface area contributed by atoms with Crippen LogP contribution in [0.5, 0.6) is 0 Å². The summed E-state index contributed by atoms with van der Waals surface area (Å²) in [7, 11) is 1.82. The van der Waals surface area contributed by atoms with Gasteiger partial charge in [0.25, 0.3) is 5.91 Å². The highest BCUT2D eigenvalue weighted by atomic mass is 16.2. The fourth-order valence-corrected chi connectivity index (χ4v) is 2.85. The number of likely N-dealkylation sites (tertiary alicyclic amines) is 1. The van der Waals surface area contributed by atoms with Gasteiger partial charge >= 0.3 is 0 Å². The lowest BCUT2D eigenvalue weighted by Crippen LogP contribution is -3.14. The van der Waals surface area contributed by atoms with E-state index in [1.54, 1.807) is 4.90 Å². The molecule has 0 bridgehead atoms. The Balaban J connectivity index is 1.84. The second-order valence-electron chi connectivity index (χ2n) is 5.86. The number of quaternary nitrogens is 1. The molecule has 0 radical (unpaired) electrons. The molecule has 5 nitrogen and oxygen atoms in total. The molecule has 1 fully saturated rings. The van der Waals surface area contributed by atoms with Gasteiger partial charge in [-0.3, -0.25) is 9.59 Å².